The molecule has 0 bridgehead atoms. The highest BCUT2D eigenvalue weighted by atomic mass is 79.9. The number of halogens is 1. The van der Waals surface area contributed by atoms with Gasteiger partial charge in [-0.2, -0.15) is 0 Å². The van der Waals surface area contributed by atoms with Gasteiger partial charge in [-0.25, -0.2) is 0 Å². The third kappa shape index (κ3) is 3.52. The number of benzene rings is 1. The van der Waals surface area contributed by atoms with E-state index in [0.717, 1.165) is 27.1 Å². The van der Waals surface area contributed by atoms with Crippen LogP contribution in [0.15, 0.2) is 58.6 Å². The summed E-state index contributed by atoms with van der Waals surface area (Å²) < 4.78 is 7.25. The number of nitrogens with one attached hydrogen (secondary N) is 1. The number of fused-ring (bicyclic) bond motifs is 1. The van der Waals surface area contributed by atoms with E-state index < -0.39 is 5.54 Å². The summed E-state index contributed by atoms with van der Waals surface area (Å²) >= 11 is 3.53. The number of carbonyl (C=O) groups is 1. The molecule has 144 valence electrons. The van der Waals surface area contributed by atoms with Crippen LogP contribution >= 0.6 is 15.9 Å². The van der Waals surface area contributed by atoms with Gasteiger partial charge in [-0.15, -0.1) is 0 Å². The Labute approximate surface area is 170 Å². The van der Waals surface area contributed by atoms with Crippen molar-refractivity contribution in [2.24, 2.45) is 10.8 Å². The third-order valence-corrected chi connectivity index (χ3v) is 5.60. The van der Waals surface area contributed by atoms with E-state index in [-0.39, 0.29) is 22.7 Å². The summed E-state index contributed by atoms with van der Waals surface area (Å²) in [4.78, 5) is 13.3. The molecule has 27 heavy (non-hydrogen) atoms. The summed E-state index contributed by atoms with van der Waals surface area (Å²) in [5.74, 6) is 0.896. The van der Waals surface area contributed by atoms with Crippen LogP contribution in [-0.2, 0) is 4.79 Å². The number of anilines is 1. The molecule has 0 aromatic heterocycles. The Balaban J connectivity index is 2.26. The van der Waals surface area contributed by atoms with Crippen molar-refractivity contribution >= 4 is 27.4 Å². The second-order valence-electron chi connectivity index (χ2n) is 9.42. The van der Waals surface area contributed by atoms with E-state index in [9.17, 15) is 4.79 Å². The summed E-state index contributed by atoms with van der Waals surface area (Å²) in [5, 5.41) is 3.65. The van der Waals surface area contributed by atoms with Gasteiger partial charge >= 0.3 is 0 Å². The zero-order chi connectivity index (χ0) is 20.2. The topological polar surface area (TPSA) is 38.3 Å². The Morgan fingerprint density at radius 3 is 2.15 bits per heavy atom. The number of allylic oxidation sites excluding steroid dienone is 2. The molecule has 1 aromatic carbocycles. The normalized spacial score (nSPS) is 21.6. The Hall–Kier alpha value is -1.81. The average Bonchev–Trinajstić information content (AvgIpc) is 2.54. The average molecular weight is 430 g/mol. The number of Topliss-reactive ketones (excluding diaryl/α,β-unsaturated/α-hetero) is 1. The van der Waals surface area contributed by atoms with E-state index in [0.29, 0.717) is 0 Å². The quantitative estimate of drug-likeness (QED) is 0.550. The lowest BCUT2D eigenvalue weighted by Gasteiger charge is -2.46. The van der Waals surface area contributed by atoms with Gasteiger partial charge in [0.1, 0.15) is 17.4 Å². The van der Waals surface area contributed by atoms with Gasteiger partial charge in [0.15, 0.2) is 5.78 Å². The van der Waals surface area contributed by atoms with Gasteiger partial charge in [0.05, 0.1) is 5.69 Å². The lowest BCUT2D eigenvalue weighted by molar-refractivity contribution is -0.114. The van der Waals surface area contributed by atoms with Gasteiger partial charge in [-0.1, -0.05) is 64.1 Å². The molecule has 1 N–H and O–H groups in total. The minimum Gasteiger partial charge on any atom is -0.481 e. The third-order valence-electron chi connectivity index (χ3n) is 5.10. The van der Waals surface area contributed by atoms with Gasteiger partial charge in [0.25, 0.3) is 0 Å². The predicted octanol–water partition coefficient (Wildman–Crippen LogP) is 6.07. The Morgan fingerprint density at radius 1 is 1.11 bits per heavy atom. The molecule has 0 radical (unpaired) electrons. The maximum Gasteiger partial charge on any atom is 0.185 e. The molecule has 0 saturated heterocycles. The fraction of sp³-hybridized carbons (Fsp3) is 0.435. The first-order chi connectivity index (χ1) is 12.4. The van der Waals surface area contributed by atoms with Crippen LogP contribution in [0.2, 0.25) is 0 Å². The number of ether oxygens (including phenoxy) is 1. The van der Waals surface area contributed by atoms with Crippen LogP contribution in [0.5, 0.6) is 5.75 Å². The fourth-order valence-electron chi connectivity index (χ4n) is 3.63. The van der Waals surface area contributed by atoms with Gasteiger partial charge < -0.3 is 10.1 Å². The molecule has 0 fully saturated rings. The SMILES string of the molecule is C=C[C@@H]1Oc2ccc(Br)cc2NC12C=C(C(C)(C)C)C(=O)C(C(C)(C)C)=C2. The second-order valence-corrected chi connectivity index (χ2v) is 10.3. The van der Waals surface area contributed by atoms with Crippen LogP contribution in [0, 0.1) is 10.8 Å². The molecule has 1 aliphatic carbocycles. The van der Waals surface area contributed by atoms with Crippen molar-refractivity contribution < 1.29 is 9.53 Å². The fourth-order valence-corrected chi connectivity index (χ4v) is 3.99. The molecular formula is C23H28BrNO2. The number of hydrogen-bond donors (Lipinski definition) is 1. The standard InChI is InChI=1S/C23H28BrNO2/c1-8-19-23(25-17-11-14(24)9-10-18(17)27-19)12-15(21(2,3)4)20(26)16(13-23)22(5,6)7/h8-13,19,25H,1H2,2-7H3/t19-/m0/s1. The molecule has 1 aliphatic heterocycles. The van der Waals surface area contributed by atoms with Crippen molar-refractivity contribution in [2.45, 2.75) is 53.2 Å². The van der Waals surface area contributed by atoms with E-state index in [1.54, 1.807) is 6.08 Å². The molecule has 1 spiro atoms. The molecule has 2 aliphatic rings. The molecular weight excluding hydrogens is 402 g/mol. The summed E-state index contributed by atoms with van der Waals surface area (Å²) in [5.41, 5.74) is 1.28. The van der Waals surface area contributed by atoms with Crippen LogP contribution in [0.4, 0.5) is 5.69 Å². The lowest BCUT2D eigenvalue weighted by Crippen LogP contribution is -2.54. The van der Waals surface area contributed by atoms with E-state index >= 15 is 0 Å². The Morgan fingerprint density at radius 2 is 1.67 bits per heavy atom. The first kappa shape index (κ1) is 19.9. The highest BCUT2D eigenvalue weighted by Crippen LogP contribution is 2.46. The van der Waals surface area contributed by atoms with Crippen LogP contribution < -0.4 is 10.1 Å². The minimum atomic E-state index is -0.658. The van der Waals surface area contributed by atoms with E-state index in [2.05, 4.69) is 69.4 Å². The number of ketones is 1. The van der Waals surface area contributed by atoms with Crippen molar-refractivity contribution in [1.82, 2.24) is 0 Å². The first-order valence-electron chi connectivity index (χ1n) is 9.26. The van der Waals surface area contributed by atoms with E-state index in [4.69, 9.17) is 4.74 Å². The molecule has 1 heterocycles. The monoisotopic (exact) mass is 429 g/mol. The molecule has 3 rings (SSSR count). The van der Waals surface area contributed by atoms with Crippen molar-refractivity contribution in [2.75, 3.05) is 5.32 Å². The van der Waals surface area contributed by atoms with E-state index in [1.165, 1.54) is 0 Å². The van der Waals surface area contributed by atoms with Crippen LogP contribution in [0.25, 0.3) is 0 Å². The molecule has 1 aromatic rings. The summed E-state index contributed by atoms with van der Waals surface area (Å²) in [6.45, 7) is 16.5. The van der Waals surface area contributed by atoms with E-state index in [1.807, 2.05) is 30.4 Å². The second kappa shape index (κ2) is 6.37. The zero-order valence-electron chi connectivity index (χ0n) is 16.9. The van der Waals surface area contributed by atoms with Crippen molar-refractivity contribution in [3.8, 4) is 5.75 Å². The van der Waals surface area contributed by atoms with Gasteiger partial charge in [0, 0.05) is 15.6 Å². The summed E-state index contributed by atoms with van der Waals surface area (Å²) in [7, 11) is 0. The summed E-state index contributed by atoms with van der Waals surface area (Å²) in [6, 6.07) is 5.89. The van der Waals surface area contributed by atoms with Crippen LogP contribution in [0.3, 0.4) is 0 Å². The minimum absolute atomic E-state index is 0.116. The van der Waals surface area contributed by atoms with Crippen LogP contribution in [0.1, 0.15) is 41.5 Å². The maximum absolute atomic E-state index is 13.3. The van der Waals surface area contributed by atoms with Crippen molar-refractivity contribution in [1.29, 1.82) is 0 Å². The number of hydrogen-bond acceptors (Lipinski definition) is 3. The van der Waals surface area contributed by atoms with Gasteiger partial charge in [0.2, 0.25) is 0 Å². The molecule has 1 atom stereocenters. The van der Waals surface area contributed by atoms with Gasteiger partial charge in [-0.05, 0) is 47.3 Å². The largest absolute Gasteiger partial charge is 0.481 e. The Kier molecular flexibility index (Phi) is 4.70. The lowest BCUT2D eigenvalue weighted by atomic mass is 9.67. The van der Waals surface area contributed by atoms with Gasteiger partial charge in [-0.3, -0.25) is 4.79 Å². The Bertz CT molecular complexity index is 831. The molecule has 0 saturated carbocycles. The predicted molar refractivity (Wildman–Crippen MR) is 115 cm³/mol. The maximum atomic E-state index is 13.3. The highest BCUT2D eigenvalue weighted by Gasteiger charge is 2.47. The smallest absolute Gasteiger partial charge is 0.185 e. The number of rotatable bonds is 1. The molecule has 3 nitrogen and oxygen atoms in total. The number of carbonyl (C=O) groups excluding carboxylic acids is 1. The van der Waals surface area contributed by atoms with Crippen molar-refractivity contribution in [3.05, 3.63) is 58.6 Å². The molecule has 4 heteroatoms. The van der Waals surface area contributed by atoms with Crippen molar-refractivity contribution in [3.63, 3.8) is 0 Å². The summed E-state index contributed by atoms with van der Waals surface area (Å²) in [6.07, 6.45) is 5.57. The molecule has 0 amide bonds. The van der Waals surface area contributed by atoms with Crippen LogP contribution in [-0.4, -0.2) is 17.4 Å². The first-order valence-corrected chi connectivity index (χ1v) is 10.0. The molecule has 0 unspecified atom stereocenters. The zero-order valence-corrected chi connectivity index (χ0v) is 18.5. The highest BCUT2D eigenvalue weighted by molar-refractivity contribution is 9.10.